The van der Waals surface area contributed by atoms with Crippen LogP contribution >= 0.6 is 0 Å². The lowest BCUT2D eigenvalue weighted by Gasteiger charge is -2.36. The minimum atomic E-state index is 0.273. The van der Waals surface area contributed by atoms with Gasteiger partial charge >= 0.3 is 6.03 Å². The number of urea groups is 1. The number of methoxy groups -OCH3 is 1. The van der Waals surface area contributed by atoms with E-state index < -0.39 is 0 Å². The molecule has 0 radical (unpaired) electrons. The smallest absolute Gasteiger partial charge is 0.320 e. The Labute approximate surface area is 145 Å². The molecule has 0 N–H and O–H groups in total. The first-order chi connectivity index (χ1) is 11.7. The fourth-order valence-corrected chi connectivity index (χ4v) is 4.11. The lowest BCUT2D eigenvalue weighted by molar-refractivity contribution is 0.124. The molecular formula is C20H30N2O2. The first-order valence-corrected chi connectivity index (χ1v) is 9.39. The molecule has 0 unspecified atom stereocenters. The molecule has 1 aromatic carbocycles. The highest BCUT2D eigenvalue weighted by Crippen LogP contribution is 2.29. The number of amides is 2. The summed E-state index contributed by atoms with van der Waals surface area (Å²) in [6.45, 7) is 4.07. The van der Waals surface area contributed by atoms with Crippen molar-refractivity contribution < 1.29 is 9.53 Å². The molecule has 132 valence electrons. The number of hydrogen-bond acceptors (Lipinski definition) is 2. The summed E-state index contributed by atoms with van der Waals surface area (Å²) in [6.07, 6.45) is 7.87. The van der Waals surface area contributed by atoms with Crippen molar-refractivity contribution in [3.8, 4) is 5.75 Å². The Balaban J connectivity index is 1.62. The minimum Gasteiger partial charge on any atom is -0.497 e. The molecule has 0 aliphatic carbocycles. The van der Waals surface area contributed by atoms with E-state index in [9.17, 15) is 4.79 Å². The molecule has 0 saturated carbocycles. The summed E-state index contributed by atoms with van der Waals surface area (Å²) in [5.41, 5.74) is 1.29. The molecule has 2 aliphatic heterocycles. The predicted molar refractivity (Wildman–Crippen MR) is 96.5 cm³/mol. The van der Waals surface area contributed by atoms with E-state index in [0.29, 0.717) is 12.1 Å². The molecule has 0 aromatic heterocycles. The van der Waals surface area contributed by atoms with Crippen molar-refractivity contribution in [2.45, 2.75) is 64.0 Å². The Morgan fingerprint density at radius 1 is 1.21 bits per heavy atom. The van der Waals surface area contributed by atoms with Crippen molar-refractivity contribution in [1.82, 2.24) is 9.80 Å². The quantitative estimate of drug-likeness (QED) is 0.833. The molecule has 2 heterocycles. The highest BCUT2D eigenvalue weighted by Gasteiger charge is 2.36. The average Bonchev–Trinajstić information content (AvgIpc) is 3.01. The Kier molecular flexibility index (Phi) is 5.64. The van der Waals surface area contributed by atoms with Crippen molar-refractivity contribution in [3.63, 3.8) is 0 Å². The first kappa shape index (κ1) is 17.1. The third-order valence-corrected chi connectivity index (χ3v) is 5.53. The number of hydrogen-bond donors (Lipinski definition) is 0. The van der Waals surface area contributed by atoms with Gasteiger partial charge in [-0.15, -0.1) is 0 Å². The third-order valence-electron chi connectivity index (χ3n) is 5.53. The minimum absolute atomic E-state index is 0.273. The van der Waals surface area contributed by atoms with Crippen molar-refractivity contribution in [2.24, 2.45) is 0 Å². The Hall–Kier alpha value is -1.71. The van der Waals surface area contributed by atoms with Crippen molar-refractivity contribution >= 4 is 6.03 Å². The van der Waals surface area contributed by atoms with E-state index in [1.165, 1.54) is 12.0 Å². The van der Waals surface area contributed by atoms with Crippen molar-refractivity contribution in [3.05, 3.63) is 29.8 Å². The number of aryl methyl sites for hydroxylation is 1. The number of ether oxygens (including phenoxy) is 1. The number of piperidine rings is 1. The molecule has 2 amide bonds. The highest BCUT2D eigenvalue weighted by molar-refractivity contribution is 5.75. The maximum Gasteiger partial charge on any atom is 0.320 e. The summed E-state index contributed by atoms with van der Waals surface area (Å²) < 4.78 is 5.31. The molecule has 2 fully saturated rings. The van der Waals surface area contributed by atoms with Gasteiger partial charge in [0.15, 0.2) is 0 Å². The fraction of sp³-hybridized carbons (Fsp3) is 0.650. The second-order valence-corrected chi connectivity index (χ2v) is 7.21. The molecule has 0 spiro atoms. The summed E-state index contributed by atoms with van der Waals surface area (Å²) in [5.74, 6) is 0.911. The van der Waals surface area contributed by atoms with Gasteiger partial charge in [0.05, 0.1) is 7.11 Å². The number of rotatable bonds is 4. The van der Waals surface area contributed by atoms with Crippen LogP contribution in [-0.2, 0) is 6.42 Å². The molecule has 2 aliphatic rings. The van der Waals surface area contributed by atoms with Gasteiger partial charge in [-0.05, 0) is 69.6 Å². The van der Waals surface area contributed by atoms with E-state index >= 15 is 0 Å². The lowest BCUT2D eigenvalue weighted by atomic mass is 10.0. The van der Waals surface area contributed by atoms with Gasteiger partial charge in [0.25, 0.3) is 0 Å². The zero-order valence-electron chi connectivity index (χ0n) is 15.0. The van der Waals surface area contributed by atoms with Gasteiger partial charge in [0.2, 0.25) is 0 Å². The lowest BCUT2D eigenvalue weighted by Crippen LogP contribution is -2.49. The van der Waals surface area contributed by atoms with Crippen LogP contribution in [0.3, 0.4) is 0 Å². The summed E-state index contributed by atoms with van der Waals surface area (Å²) in [7, 11) is 1.71. The third kappa shape index (κ3) is 3.85. The van der Waals surface area contributed by atoms with Gasteiger partial charge in [-0.25, -0.2) is 4.79 Å². The summed E-state index contributed by atoms with van der Waals surface area (Å²) in [4.78, 5) is 17.2. The van der Waals surface area contributed by atoms with Crippen LogP contribution in [0.1, 0.15) is 51.0 Å². The van der Waals surface area contributed by atoms with Gasteiger partial charge in [-0.1, -0.05) is 12.1 Å². The van der Waals surface area contributed by atoms with Crippen molar-refractivity contribution in [2.75, 3.05) is 20.2 Å². The summed E-state index contributed by atoms with van der Waals surface area (Å²) in [6, 6.07) is 9.30. The fourth-order valence-electron chi connectivity index (χ4n) is 4.11. The topological polar surface area (TPSA) is 32.8 Å². The average molecular weight is 330 g/mol. The molecule has 1 aromatic rings. The number of benzene rings is 1. The van der Waals surface area contributed by atoms with Crippen LogP contribution in [0.2, 0.25) is 0 Å². The number of carbonyl (C=O) groups is 1. The molecule has 4 heteroatoms. The van der Waals surface area contributed by atoms with E-state index in [2.05, 4.69) is 28.9 Å². The van der Waals surface area contributed by atoms with Crippen LogP contribution in [0.4, 0.5) is 4.79 Å². The first-order valence-electron chi connectivity index (χ1n) is 9.39. The highest BCUT2D eigenvalue weighted by atomic mass is 16.5. The molecule has 24 heavy (non-hydrogen) atoms. The van der Waals surface area contributed by atoms with Gasteiger partial charge in [0.1, 0.15) is 5.75 Å². The molecule has 4 nitrogen and oxygen atoms in total. The van der Waals surface area contributed by atoms with Crippen LogP contribution in [0.15, 0.2) is 24.3 Å². The van der Waals surface area contributed by atoms with Crippen LogP contribution in [0.25, 0.3) is 0 Å². The molecule has 2 saturated heterocycles. The number of nitrogens with zero attached hydrogens (tertiary/aromatic N) is 2. The van der Waals surface area contributed by atoms with Crippen LogP contribution in [0.5, 0.6) is 5.75 Å². The van der Waals surface area contributed by atoms with E-state index in [1.807, 2.05) is 12.1 Å². The Bertz CT molecular complexity index is 554. The Morgan fingerprint density at radius 2 is 2.00 bits per heavy atom. The van der Waals surface area contributed by atoms with E-state index in [4.69, 9.17) is 4.74 Å². The Morgan fingerprint density at radius 3 is 2.75 bits per heavy atom. The van der Waals surface area contributed by atoms with E-state index in [0.717, 1.165) is 57.4 Å². The zero-order valence-corrected chi connectivity index (χ0v) is 15.0. The van der Waals surface area contributed by atoms with E-state index in [-0.39, 0.29) is 6.03 Å². The van der Waals surface area contributed by atoms with Gasteiger partial charge in [-0.2, -0.15) is 0 Å². The van der Waals surface area contributed by atoms with Gasteiger partial charge in [-0.3, -0.25) is 0 Å². The standard InChI is InChI=1S/C20H30N2O2/c1-16-9-11-18(12-10-17-7-6-8-19(15-17)24-2)22(16)20(23)21-13-4-3-5-14-21/h6-8,15-16,18H,3-5,9-14H2,1-2H3/t16-,18-/m1/s1. The van der Waals surface area contributed by atoms with Gasteiger partial charge in [0, 0.05) is 25.2 Å². The summed E-state index contributed by atoms with van der Waals surface area (Å²) >= 11 is 0. The molecular weight excluding hydrogens is 300 g/mol. The van der Waals surface area contributed by atoms with Crippen LogP contribution in [0, 0.1) is 0 Å². The van der Waals surface area contributed by atoms with Crippen LogP contribution in [-0.4, -0.2) is 48.1 Å². The second kappa shape index (κ2) is 7.91. The van der Waals surface area contributed by atoms with Gasteiger partial charge < -0.3 is 14.5 Å². The maximum atomic E-state index is 13.0. The molecule has 0 bridgehead atoms. The van der Waals surface area contributed by atoms with E-state index in [1.54, 1.807) is 7.11 Å². The molecule has 2 atom stereocenters. The zero-order chi connectivity index (χ0) is 16.9. The predicted octanol–water partition coefficient (Wildman–Crippen LogP) is 4.09. The normalized spacial score (nSPS) is 24.2. The van der Waals surface area contributed by atoms with Crippen molar-refractivity contribution in [1.29, 1.82) is 0 Å². The summed E-state index contributed by atoms with van der Waals surface area (Å²) in [5, 5.41) is 0. The maximum absolute atomic E-state index is 13.0. The monoisotopic (exact) mass is 330 g/mol. The number of carbonyl (C=O) groups excluding carboxylic acids is 1. The second-order valence-electron chi connectivity index (χ2n) is 7.21. The van der Waals surface area contributed by atoms with Crippen LogP contribution < -0.4 is 4.74 Å². The number of likely N-dealkylation sites (tertiary alicyclic amines) is 2. The molecule has 3 rings (SSSR count). The SMILES string of the molecule is COc1cccc(CC[C@H]2CC[C@@H](C)N2C(=O)N2CCCCC2)c1. The largest absolute Gasteiger partial charge is 0.497 e.